The van der Waals surface area contributed by atoms with E-state index < -0.39 is 0 Å². The minimum atomic E-state index is 0.175. The Labute approximate surface area is 122 Å². The largest absolute Gasteiger partial charge is 0.334 e. The van der Waals surface area contributed by atoms with Crippen molar-refractivity contribution in [1.29, 1.82) is 0 Å². The van der Waals surface area contributed by atoms with Crippen molar-refractivity contribution in [3.8, 4) is 0 Å². The zero-order valence-corrected chi connectivity index (χ0v) is 12.1. The maximum atomic E-state index is 12.8. The third-order valence-electron chi connectivity index (χ3n) is 4.49. The first-order valence-corrected chi connectivity index (χ1v) is 8.06. The minimum Gasteiger partial charge on any atom is -0.334 e. The Hall–Kier alpha value is -1.46. The molecule has 1 aromatic carbocycles. The third-order valence-corrected chi connectivity index (χ3v) is 5.30. The third kappa shape index (κ3) is 2.01. The van der Waals surface area contributed by atoms with Crippen LogP contribution in [0.5, 0.6) is 0 Å². The van der Waals surface area contributed by atoms with Crippen molar-refractivity contribution >= 4 is 27.5 Å². The standard InChI is InChI=1S/C15H17N3OS/c19-15(11-1-2-14-13(9-11)16-10-20-14)18-8-7-17-5-3-12(18)4-6-17/h1-2,9-10,12H,3-8H2. The molecular formula is C15H17N3OS. The van der Waals surface area contributed by atoms with E-state index in [1.807, 2.05) is 23.7 Å². The van der Waals surface area contributed by atoms with Crippen molar-refractivity contribution in [2.45, 2.75) is 18.9 Å². The van der Waals surface area contributed by atoms with Gasteiger partial charge in [-0.15, -0.1) is 11.3 Å². The second-order valence-corrected chi connectivity index (χ2v) is 6.49. The van der Waals surface area contributed by atoms with Gasteiger partial charge in [0, 0.05) is 37.8 Å². The monoisotopic (exact) mass is 287 g/mol. The minimum absolute atomic E-state index is 0.175. The van der Waals surface area contributed by atoms with E-state index in [9.17, 15) is 4.79 Å². The van der Waals surface area contributed by atoms with Crippen molar-refractivity contribution < 1.29 is 4.79 Å². The number of hydrogen-bond donors (Lipinski definition) is 0. The molecule has 0 aliphatic carbocycles. The number of amides is 1. The zero-order valence-electron chi connectivity index (χ0n) is 11.3. The molecular weight excluding hydrogens is 270 g/mol. The molecule has 4 nitrogen and oxygen atoms in total. The number of carbonyl (C=O) groups is 1. The Morgan fingerprint density at radius 3 is 2.90 bits per heavy atom. The van der Waals surface area contributed by atoms with Gasteiger partial charge < -0.3 is 9.80 Å². The van der Waals surface area contributed by atoms with Crippen molar-refractivity contribution in [1.82, 2.24) is 14.8 Å². The number of thiazole rings is 1. The molecule has 0 spiro atoms. The van der Waals surface area contributed by atoms with Crippen molar-refractivity contribution in [3.63, 3.8) is 0 Å². The highest BCUT2D eigenvalue weighted by Crippen LogP contribution is 2.24. The first-order valence-electron chi connectivity index (χ1n) is 7.18. The van der Waals surface area contributed by atoms with Gasteiger partial charge in [0.25, 0.3) is 5.91 Å². The number of benzene rings is 1. The van der Waals surface area contributed by atoms with E-state index in [0.29, 0.717) is 6.04 Å². The fourth-order valence-corrected chi connectivity index (χ4v) is 3.97. The lowest BCUT2D eigenvalue weighted by molar-refractivity contribution is 0.0685. The predicted octanol–water partition coefficient (Wildman–Crippen LogP) is 2.22. The highest BCUT2D eigenvalue weighted by atomic mass is 32.1. The molecule has 2 bridgehead atoms. The molecule has 1 amide bonds. The average Bonchev–Trinajstić information content (AvgIpc) is 2.76. The van der Waals surface area contributed by atoms with Gasteiger partial charge in [0.05, 0.1) is 15.7 Å². The van der Waals surface area contributed by atoms with Crippen LogP contribution in [0.2, 0.25) is 0 Å². The lowest BCUT2D eigenvalue weighted by atomic mass is 10.0. The van der Waals surface area contributed by atoms with Gasteiger partial charge in [-0.2, -0.15) is 0 Å². The molecule has 3 aliphatic heterocycles. The van der Waals surface area contributed by atoms with E-state index in [1.165, 1.54) is 0 Å². The van der Waals surface area contributed by atoms with Crippen molar-refractivity contribution in [3.05, 3.63) is 29.3 Å². The maximum absolute atomic E-state index is 12.8. The first-order chi connectivity index (χ1) is 9.81. The Balaban J connectivity index is 1.65. The van der Waals surface area contributed by atoms with E-state index in [2.05, 4.69) is 14.8 Å². The van der Waals surface area contributed by atoms with Crippen molar-refractivity contribution in [2.24, 2.45) is 0 Å². The van der Waals surface area contributed by atoms with E-state index in [-0.39, 0.29) is 5.91 Å². The molecule has 0 atom stereocenters. The SMILES string of the molecule is O=C(c1ccc2scnc2c1)N1CCN2CCC1CC2. The lowest BCUT2D eigenvalue weighted by Crippen LogP contribution is -2.41. The van der Waals surface area contributed by atoms with Crippen LogP contribution in [-0.2, 0) is 0 Å². The molecule has 4 heterocycles. The molecule has 3 saturated heterocycles. The van der Waals surface area contributed by atoms with Gasteiger partial charge in [-0.1, -0.05) is 0 Å². The van der Waals surface area contributed by atoms with Gasteiger partial charge in [0.2, 0.25) is 0 Å². The van der Waals surface area contributed by atoms with Gasteiger partial charge in [-0.05, 0) is 31.0 Å². The Bertz CT molecular complexity index is 645. The van der Waals surface area contributed by atoms with E-state index in [1.54, 1.807) is 11.3 Å². The Kier molecular flexibility index (Phi) is 2.97. The molecule has 5 heteroatoms. The van der Waals surface area contributed by atoms with Crippen LogP contribution >= 0.6 is 11.3 Å². The smallest absolute Gasteiger partial charge is 0.254 e. The number of nitrogens with zero attached hydrogens (tertiary/aromatic N) is 3. The van der Waals surface area contributed by atoms with Crippen LogP contribution in [0.15, 0.2) is 23.7 Å². The summed E-state index contributed by atoms with van der Waals surface area (Å²) in [6.07, 6.45) is 2.23. The van der Waals surface area contributed by atoms with E-state index >= 15 is 0 Å². The molecule has 104 valence electrons. The quantitative estimate of drug-likeness (QED) is 0.807. The Morgan fingerprint density at radius 2 is 2.05 bits per heavy atom. The summed E-state index contributed by atoms with van der Waals surface area (Å²) in [7, 11) is 0. The number of aromatic nitrogens is 1. The molecule has 2 aromatic rings. The molecule has 0 radical (unpaired) electrons. The van der Waals surface area contributed by atoms with Crippen LogP contribution < -0.4 is 0 Å². The predicted molar refractivity (Wildman–Crippen MR) is 80.1 cm³/mol. The fourth-order valence-electron chi connectivity index (χ4n) is 3.31. The number of piperidine rings is 1. The molecule has 20 heavy (non-hydrogen) atoms. The van der Waals surface area contributed by atoms with E-state index in [0.717, 1.165) is 54.8 Å². The summed E-state index contributed by atoms with van der Waals surface area (Å²) >= 11 is 1.62. The van der Waals surface area contributed by atoms with Gasteiger partial charge in [0.15, 0.2) is 0 Å². The van der Waals surface area contributed by atoms with Gasteiger partial charge >= 0.3 is 0 Å². The second-order valence-electron chi connectivity index (χ2n) is 5.61. The number of fused-ring (bicyclic) bond motifs is 5. The summed E-state index contributed by atoms with van der Waals surface area (Å²) in [6, 6.07) is 6.32. The van der Waals surface area contributed by atoms with Crippen LogP contribution in [-0.4, -0.2) is 52.9 Å². The van der Waals surface area contributed by atoms with Crippen LogP contribution in [0.3, 0.4) is 0 Å². The first kappa shape index (κ1) is 12.3. The van der Waals surface area contributed by atoms with Crippen LogP contribution in [0.4, 0.5) is 0 Å². The summed E-state index contributed by atoms with van der Waals surface area (Å²) in [5.41, 5.74) is 3.55. The average molecular weight is 287 g/mol. The maximum Gasteiger partial charge on any atom is 0.254 e. The summed E-state index contributed by atoms with van der Waals surface area (Å²) in [4.78, 5) is 21.7. The number of rotatable bonds is 1. The van der Waals surface area contributed by atoms with E-state index in [4.69, 9.17) is 0 Å². The summed E-state index contributed by atoms with van der Waals surface area (Å²) < 4.78 is 1.14. The second kappa shape index (κ2) is 4.82. The zero-order chi connectivity index (χ0) is 13.5. The summed E-state index contributed by atoms with van der Waals surface area (Å²) in [5.74, 6) is 0.175. The molecule has 1 aromatic heterocycles. The van der Waals surface area contributed by atoms with Crippen LogP contribution in [0.25, 0.3) is 10.2 Å². The van der Waals surface area contributed by atoms with Gasteiger partial charge in [-0.25, -0.2) is 4.98 Å². The van der Waals surface area contributed by atoms with Crippen LogP contribution in [0.1, 0.15) is 23.2 Å². The topological polar surface area (TPSA) is 36.4 Å². The number of hydrogen-bond acceptors (Lipinski definition) is 4. The molecule has 0 saturated carbocycles. The van der Waals surface area contributed by atoms with Gasteiger partial charge in [0.1, 0.15) is 0 Å². The highest BCUT2D eigenvalue weighted by molar-refractivity contribution is 7.16. The highest BCUT2D eigenvalue weighted by Gasteiger charge is 2.32. The Morgan fingerprint density at radius 1 is 1.20 bits per heavy atom. The molecule has 3 fully saturated rings. The normalized spacial score (nSPS) is 25.9. The fraction of sp³-hybridized carbons (Fsp3) is 0.467. The van der Waals surface area contributed by atoms with Crippen LogP contribution in [0, 0.1) is 0 Å². The lowest BCUT2D eigenvalue weighted by Gasteiger charge is -2.31. The van der Waals surface area contributed by atoms with Crippen molar-refractivity contribution in [2.75, 3.05) is 26.2 Å². The molecule has 0 N–H and O–H groups in total. The summed E-state index contributed by atoms with van der Waals surface area (Å²) in [6.45, 7) is 4.15. The molecule has 5 rings (SSSR count). The molecule has 3 aliphatic rings. The van der Waals surface area contributed by atoms with Gasteiger partial charge in [-0.3, -0.25) is 4.79 Å². The molecule has 0 unspecified atom stereocenters. The summed E-state index contributed by atoms with van der Waals surface area (Å²) in [5, 5.41) is 0. The number of carbonyl (C=O) groups excluding carboxylic acids is 1.